The molecule has 0 radical (unpaired) electrons. The molecule has 2 N–H and O–H groups in total. The third kappa shape index (κ3) is 4.86. The van der Waals surface area contributed by atoms with Gasteiger partial charge in [-0.15, -0.1) is 0 Å². The van der Waals surface area contributed by atoms with Crippen LogP contribution in [0.1, 0.15) is 47.0 Å². The van der Waals surface area contributed by atoms with E-state index < -0.39 is 10.0 Å². The maximum Gasteiger partial charge on any atom is 0.213 e. The highest BCUT2D eigenvalue weighted by Crippen LogP contribution is 2.34. The summed E-state index contributed by atoms with van der Waals surface area (Å²) in [5, 5.41) is 3.14. The second kappa shape index (κ2) is 6.87. The Morgan fingerprint density at radius 2 is 1.94 bits per heavy atom. The molecule has 18 heavy (non-hydrogen) atoms. The van der Waals surface area contributed by atoms with E-state index in [-0.39, 0.29) is 11.8 Å². The Hall–Kier alpha value is -0.130. The largest absolute Gasteiger partial charge is 0.313 e. The molecule has 1 rings (SSSR count). The van der Waals surface area contributed by atoms with Crippen LogP contribution >= 0.6 is 0 Å². The molecule has 1 saturated carbocycles. The summed E-state index contributed by atoms with van der Waals surface area (Å²) in [6.07, 6.45) is 3.28. The van der Waals surface area contributed by atoms with Gasteiger partial charge in [-0.2, -0.15) is 0 Å². The lowest BCUT2D eigenvalue weighted by atomic mass is 9.94. The van der Waals surface area contributed by atoms with Gasteiger partial charge in [-0.1, -0.05) is 34.1 Å². The Balaban J connectivity index is 2.41. The Bertz CT molecular complexity index is 341. The van der Waals surface area contributed by atoms with E-state index in [2.05, 4.69) is 23.9 Å². The van der Waals surface area contributed by atoms with Gasteiger partial charge in [-0.05, 0) is 24.7 Å². The molecule has 0 amide bonds. The molecule has 0 spiro atoms. The Morgan fingerprint density at radius 3 is 2.44 bits per heavy atom. The second-order valence-electron chi connectivity index (χ2n) is 5.76. The zero-order valence-corrected chi connectivity index (χ0v) is 12.9. The van der Waals surface area contributed by atoms with Crippen molar-refractivity contribution in [1.29, 1.82) is 0 Å². The van der Waals surface area contributed by atoms with Crippen LogP contribution in [-0.2, 0) is 10.0 Å². The van der Waals surface area contributed by atoms with Crippen molar-refractivity contribution >= 4 is 10.0 Å². The smallest absolute Gasteiger partial charge is 0.213 e. The molecule has 3 atom stereocenters. The normalized spacial score (nSPS) is 29.1. The van der Waals surface area contributed by atoms with E-state index in [9.17, 15) is 8.42 Å². The van der Waals surface area contributed by atoms with Crippen molar-refractivity contribution in [3.05, 3.63) is 0 Å². The predicted octanol–water partition coefficient (Wildman–Crippen LogP) is 1.73. The van der Waals surface area contributed by atoms with Crippen molar-refractivity contribution in [3.63, 3.8) is 0 Å². The number of hydrogen-bond acceptors (Lipinski definition) is 3. The molecule has 0 aromatic rings. The van der Waals surface area contributed by atoms with Crippen LogP contribution in [0.25, 0.3) is 0 Å². The van der Waals surface area contributed by atoms with Crippen LogP contribution in [0, 0.1) is 11.8 Å². The zero-order valence-electron chi connectivity index (χ0n) is 12.1. The highest BCUT2D eigenvalue weighted by atomic mass is 32.2. The van der Waals surface area contributed by atoms with Gasteiger partial charge in [0.15, 0.2) is 0 Å². The van der Waals surface area contributed by atoms with Gasteiger partial charge in [0.05, 0.1) is 5.75 Å². The molecular formula is C13H28N2O2S. The summed E-state index contributed by atoms with van der Waals surface area (Å²) in [5.41, 5.74) is 0. The average molecular weight is 276 g/mol. The summed E-state index contributed by atoms with van der Waals surface area (Å²) in [4.78, 5) is 0. The summed E-state index contributed by atoms with van der Waals surface area (Å²) in [6, 6.07) is 0.467. The van der Waals surface area contributed by atoms with Gasteiger partial charge in [-0.3, -0.25) is 0 Å². The molecule has 4 nitrogen and oxygen atoms in total. The first-order chi connectivity index (χ1) is 8.35. The molecule has 0 aromatic heterocycles. The maximum absolute atomic E-state index is 12.0. The molecule has 0 heterocycles. The summed E-state index contributed by atoms with van der Waals surface area (Å²) < 4.78 is 26.8. The van der Waals surface area contributed by atoms with Crippen LogP contribution in [0.15, 0.2) is 0 Å². The first kappa shape index (κ1) is 15.9. The maximum atomic E-state index is 12.0. The van der Waals surface area contributed by atoms with E-state index in [1.165, 1.54) is 0 Å². The minimum absolute atomic E-state index is 0.138. The van der Waals surface area contributed by atoms with Gasteiger partial charge in [0, 0.05) is 18.6 Å². The molecule has 108 valence electrons. The highest BCUT2D eigenvalue weighted by Gasteiger charge is 2.33. The van der Waals surface area contributed by atoms with Crippen molar-refractivity contribution in [2.75, 3.05) is 12.3 Å². The van der Waals surface area contributed by atoms with Crippen molar-refractivity contribution < 1.29 is 8.42 Å². The minimum atomic E-state index is -3.14. The first-order valence-corrected chi connectivity index (χ1v) is 8.74. The van der Waals surface area contributed by atoms with Crippen molar-refractivity contribution in [3.8, 4) is 0 Å². The summed E-state index contributed by atoms with van der Waals surface area (Å²) >= 11 is 0. The molecule has 1 aliphatic rings. The SMILES string of the molecule is CCC1CCC(NS(=O)(=O)CCNC(C)C)C1C. The molecule has 1 aliphatic carbocycles. The molecule has 0 aliphatic heterocycles. The fraction of sp³-hybridized carbons (Fsp3) is 1.00. The number of sulfonamides is 1. The molecular weight excluding hydrogens is 248 g/mol. The predicted molar refractivity (Wildman–Crippen MR) is 76.0 cm³/mol. The summed E-state index contributed by atoms with van der Waals surface area (Å²) in [6.45, 7) is 8.91. The number of rotatable bonds is 7. The average Bonchev–Trinajstić information content (AvgIpc) is 2.58. The third-order valence-electron chi connectivity index (χ3n) is 4.01. The van der Waals surface area contributed by atoms with Crippen LogP contribution in [0.5, 0.6) is 0 Å². The van der Waals surface area contributed by atoms with Gasteiger partial charge in [0.2, 0.25) is 10.0 Å². The first-order valence-electron chi connectivity index (χ1n) is 7.09. The lowest BCUT2D eigenvalue weighted by Crippen LogP contribution is -2.41. The Labute approximate surface area is 112 Å². The van der Waals surface area contributed by atoms with E-state index in [0.717, 1.165) is 19.3 Å². The Morgan fingerprint density at radius 1 is 1.28 bits per heavy atom. The van der Waals surface area contributed by atoms with Crippen LogP contribution < -0.4 is 10.0 Å². The van der Waals surface area contributed by atoms with E-state index in [1.807, 2.05) is 13.8 Å². The zero-order chi connectivity index (χ0) is 13.8. The van der Waals surface area contributed by atoms with E-state index in [1.54, 1.807) is 0 Å². The van der Waals surface area contributed by atoms with E-state index in [0.29, 0.717) is 24.4 Å². The van der Waals surface area contributed by atoms with Gasteiger partial charge in [-0.25, -0.2) is 13.1 Å². The lowest BCUT2D eigenvalue weighted by Gasteiger charge is -2.21. The number of hydrogen-bond donors (Lipinski definition) is 2. The van der Waals surface area contributed by atoms with Crippen molar-refractivity contribution in [2.24, 2.45) is 11.8 Å². The van der Waals surface area contributed by atoms with Gasteiger partial charge >= 0.3 is 0 Å². The van der Waals surface area contributed by atoms with Crippen molar-refractivity contribution in [1.82, 2.24) is 10.0 Å². The molecule has 5 heteroatoms. The van der Waals surface area contributed by atoms with Crippen LogP contribution in [0.4, 0.5) is 0 Å². The van der Waals surface area contributed by atoms with Crippen molar-refractivity contribution in [2.45, 2.75) is 59.0 Å². The fourth-order valence-corrected chi connectivity index (χ4v) is 4.06. The Kier molecular flexibility index (Phi) is 6.08. The van der Waals surface area contributed by atoms with Crippen LogP contribution in [-0.4, -0.2) is 32.8 Å². The van der Waals surface area contributed by atoms with Gasteiger partial charge in [0.1, 0.15) is 0 Å². The monoisotopic (exact) mass is 276 g/mol. The summed E-state index contributed by atoms with van der Waals surface area (Å²) in [7, 11) is -3.14. The molecule has 0 bridgehead atoms. The third-order valence-corrected chi connectivity index (χ3v) is 5.41. The van der Waals surface area contributed by atoms with Gasteiger partial charge in [0.25, 0.3) is 0 Å². The van der Waals surface area contributed by atoms with Crippen LogP contribution in [0.2, 0.25) is 0 Å². The standard InChI is InChI=1S/C13H28N2O2S/c1-5-12-6-7-13(11(12)4)15-18(16,17)9-8-14-10(2)3/h10-15H,5-9H2,1-4H3. The molecule has 0 aromatic carbocycles. The quantitative estimate of drug-likeness (QED) is 0.744. The number of nitrogens with one attached hydrogen (secondary N) is 2. The van der Waals surface area contributed by atoms with E-state index in [4.69, 9.17) is 0 Å². The molecule has 1 fully saturated rings. The lowest BCUT2D eigenvalue weighted by molar-refractivity contribution is 0.368. The topological polar surface area (TPSA) is 58.2 Å². The van der Waals surface area contributed by atoms with E-state index >= 15 is 0 Å². The molecule has 0 saturated heterocycles. The van der Waals surface area contributed by atoms with Crippen LogP contribution in [0.3, 0.4) is 0 Å². The summed E-state index contributed by atoms with van der Waals surface area (Å²) in [5.74, 6) is 1.31. The van der Waals surface area contributed by atoms with Gasteiger partial charge < -0.3 is 5.32 Å². The minimum Gasteiger partial charge on any atom is -0.313 e. The second-order valence-corrected chi connectivity index (χ2v) is 7.63. The molecule has 3 unspecified atom stereocenters. The fourth-order valence-electron chi connectivity index (χ4n) is 2.76. The highest BCUT2D eigenvalue weighted by molar-refractivity contribution is 7.89.